The highest BCUT2D eigenvalue weighted by Gasteiger charge is 2.36. The van der Waals surface area contributed by atoms with Gasteiger partial charge >= 0.3 is 6.18 Å². The van der Waals surface area contributed by atoms with Gasteiger partial charge in [0.15, 0.2) is 0 Å². The molecular formula is C15H16F3N3. The molecule has 2 heterocycles. The summed E-state index contributed by atoms with van der Waals surface area (Å²) in [6, 6.07) is 5.63. The van der Waals surface area contributed by atoms with Crippen molar-refractivity contribution in [2.75, 3.05) is 31.1 Å². The number of hydrogen-bond acceptors (Lipinski definition) is 3. The van der Waals surface area contributed by atoms with Crippen LogP contribution >= 0.6 is 0 Å². The van der Waals surface area contributed by atoms with Crippen LogP contribution in [-0.4, -0.2) is 26.2 Å². The number of piperidine rings is 1. The fraction of sp³-hybridized carbons (Fsp3) is 0.533. The number of nitrogens with zero attached hydrogens (tertiary/aromatic N) is 2. The molecule has 1 N–H and O–H groups in total. The fourth-order valence-electron chi connectivity index (χ4n) is 3.33. The van der Waals surface area contributed by atoms with E-state index in [0.29, 0.717) is 17.5 Å². The van der Waals surface area contributed by atoms with E-state index in [2.05, 4.69) is 5.32 Å². The predicted octanol–water partition coefficient (Wildman–Crippen LogP) is 2.62. The van der Waals surface area contributed by atoms with Crippen molar-refractivity contribution in [1.82, 2.24) is 5.32 Å². The molecule has 112 valence electrons. The smallest absolute Gasteiger partial charge is 0.371 e. The van der Waals surface area contributed by atoms with Crippen LogP contribution in [0.3, 0.4) is 0 Å². The van der Waals surface area contributed by atoms with E-state index >= 15 is 0 Å². The molecule has 1 aromatic rings. The van der Waals surface area contributed by atoms with Gasteiger partial charge in [0.05, 0.1) is 17.2 Å². The summed E-state index contributed by atoms with van der Waals surface area (Å²) in [6.45, 7) is 3.50. The normalized spacial score (nSPS) is 25.5. The fourth-order valence-corrected chi connectivity index (χ4v) is 3.33. The van der Waals surface area contributed by atoms with E-state index in [4.69, 9.17) is 5.26 Å². The van der Waals surface area contributed by atoms with Crippen molar-refractivity contribution in [2.45, 2.75) is 12.6 Å². The summed E-state index contributed by atoms with van der Waals surface area (Å²) in [7, 11) is 0. The third-order valence-electron chi connectivity index (χ3n) is 4.50. The zero-order valence-corrected chi connectivity index (χ0v) is 11.5. The number of hydrogen-bond donors (Lipinski definition) is 1. The molecule has 0 aromatic heterocycles. The lowest BCUT2D eigenvalue weighted by molar-refractivity contribution is -0.137. The van der Waals surface area contributed by atoms with Crippen LogP contribution in [-0.2, 0) is 6.18 Å². The number of anilines is 1. The van der Waals surface area contributed by atoms with E-state index in [-0.39, 0.29) is 5.56 Å². The summed E-state index contributed by atoms with van der Waals surface area (Å²) < 4.78 is 39.1. The van der Waals surface area contributed by atoms with Crippen molar-refractivity contribution < 1.29 is 13.2 Å². The van der Waals surface area contributed by atoms with Crippen LogP contribution in [0.1, 0.15) is 17.5 Å². The molecular weight excluding hydrogens is 279 g/mol. The van der Waals surface area contributed by atoms with Crippen molar-refractivity contribution in [3.63, 3.8) is 0 Å². The Morgan fingerprint density at radius 3 is 2.71 bits per heavy atom. The Labute approximate surface area is 121 Å². The molecule has 3 nitrogen and oxygen atoms in total. The highest BCUT2D eigenvalue weighted by molar-refractivity contribution is 5.55. The maximum Gasteiger partial charge on any atom is 0.417 e. The first-order valence-electron chi connectivity index (χ1n) is 7.06. The van der Waals surface area contributed by atoms with Crippen molar-refractivity contribution in [1.29, 1.82) is 5.26 Å². The maximum atomic E-state index is 13.0. The number of nitrogens with one attached hydrogen (secondary N) is 1. The van der Waals surface area contributed by atoms with E-state index in [9.17, 15) is 13.2 Å². The summed E-state index contributed by atoms with van der Waals surface area (Å²) in [5, 5.41) is 12.2. The minimum Gasteiger partial charge on any atom is -0.371 e. The highest BCUT2D eigenvalue weighted by Crippen LogP contribution is 2.36. The quantitative estimate of drug-likeness (QED) is 0.865. The minimum absolute atomic E-state index is 0.316. The molecule has 2 saturated heterocycles. The molecule has 0 radical (unpaired) electrons. The van der Waals surface area contributed by atoms with Crippen molar-refractivity contribution in [3.05, 3.63) is 29.3 Å². The Morgan fingerprint density at radius 1 is 1.24 bits per heavy atom. The summed E-state index contributed by atoms with van der Waals surface area (Å²) in [5.74, 6) is 1.14. The van der Waals surface area contributed by atoms with Gasteiger partial charge < -0.3 is 10.2 Å². The molecule has 3 rings (SSSR count). The number of fused-ring (bicyclic) bond motifs is 1. The molecule has 21 heavy (non-hydrogen) atoms. The van der Waals surface area contributed by atoms with Gasteiger partial charge in [0.25, 0.3) is 0 Å². The van der Waals surface area contributed by atoms with Crippen molar-refractivity contribution >= 4 is 5.69 Å². The first kappa shape index (κ1) is 14.2. The molecule has 2 unspecified atom stereocenters. The Kier molecular flexibility index (Phi) is 3.54. The first-order valence-corrected chi connectivity index (χ1v) is 7.06. The van der Waals surface area contributed by atoms with Gasteiger partial charge in [-0.05, 0) is 49.5 Å². The van der Waals surface area contributed by atoms with Crippen LogP contribution < -0.4 is 10.2 Å². The van der Waals surface area contributed by atoms with Gasteiger partial charge in [-0.2, -0.15) is 18.4 Å². The van der Waals surface area contributed by atoms with E-state index in [1.807, 2.05) is 4.90 Å². The molecule has 0 amide bonds. The van der Waals surface area contributed by atoms with E-state index < -0.39 is 11.7 Å². The zero-order valence-electron chi connectivity index (χ0n) is 11.5. The summed E-state index contributed by atoms with van der Waals surface area (Å²) in [6.07, 6.45) is -3.49. The second-order valence-electron chi connectivity index (χ2n) is 5.75. The molecule has 2 aliphatic rings. The average molecular weight is 295 g/mol. The molecule has 2 atom stereocenters. The van der Waals surface area contributed by atoms with Gasteiger partial charge in [0, 0.05) is 18.8 Å². The second-order valence-corrected chi connectivity index (χ2v) is 5.75. The Balaban J connectivity index is 1.88. The molecule has 2 aliphatic heterocycles. The number of nitriles is 1. The van der Waals surface area contributed by atoms with Gasteiger partial charge in [-0.25, -0.2) is 0 Å². The van der Waals surface area contributed by atoms with E-state index in [1.165, 1.54) is 6.07 Å². The third kappa shape index (κ3) is 2.70. The van der Waals surface area contributed by atoms with Crippen LogP contribution in [0.5, 0.6) is 0 Å². The van der Waals surface area contributed by atoms with Gasteiger partial charge in [-0.3, -0.25) is 0 Å². The Morgan fingerprint density at radius 2 is 2.00 bits per heavy atom. The predicted molar refractivity (Wildman–Crippen MR) is 72.8 cm³/mol. The lowest BCUT2D eigenvalue weighted by atomic mass is 9.88. The van der Waals surface area contributed by atoms with Crippen LogP contribution in [0.25, 0.3) is 0 Å². The average Bonchev–Trinajstić information content (AvgIpc) is 2.93. The summed E-state index contributed by atoms with van der Waals surface area (Å²) in [5.41, 5.74) is -0.593. The van der Waals surface area contributed by atoms with Crippen LogP contribution in [0, 0.1) is 23.2 Å². The number of benzene rings is 1. The van der Waals surface area contributed by atoms with E-state index in [1.54, 1.807) is 12.1 Å². The van der Waals surface area contributed by atoms with Crippen LogP contribution in [0.2, 0.25) is 0 Å². The number of halogens is 3. The SMILES string of the molecule is N#Cc1ccc(N2CCC3CNCC3C2)cc1C(F)(F)F. The summed E-state index contributed by atoms with van der Waals surface area (Å²) in [4.78, 5) is 2.00. The molecule has 0 saturated carbocycles. The minimum atomic E-state index is -4.49. The standard InChI is InChI=1S/C15H16F3N3/c16-15(17,18)14-5-13(2-1-10(14)6-19)21-4-3-11-7-20-8-12(11)9-21/h1-2,5,11-12,20H,3-4,7-9H2. The molecule has 6 heteroatoms. The third-order valence-corrected chi connectivity index (χ3v) is 4.50. The topological polar surface area (TPSA) is 39.1 Å². The lowest BCUT2D eigenvalue weighted by Crippen LogP contribution is -2.40. The monoisotopic (exact) mass is 295 g/mol. The van der Waals surface area contributed by atoms with Crippen molar-refractivity contribution in [3.8, 4) is 6.07 Å². The first-order chi connectivity index (χ1) is 9.99. The Bertz CT molecular complexity index is 577. The molecule has 0 spiro atoms. The van der Waals surface area contributed by atoms with E-state index in [0.717, 1.165) is 38.7 Å². The maximum absolute atomic E-state index is 13.0. The second kappa shape index (κ2) is 5.23. The lowest BCUT2D eigenvalue weighted by Gasteiger charge is -2.36. The van der Waals surface area contributed by atoms with Gasteiger partial charge in [-0.15, -0.1) is 0 Å². The van der Waals surface area contributed by atoms with Gasteiger partial charge in [0.2, 0.25) is 0 Å². The van der Waals surface area contributed by atoms with Gasteiger partial charge in [-0.1, -0.05) is 0 Å². The number of rotatable bonds is 1. The van der Waals surface area contributed by atoms with Crippen LogP contribution in [0.15, 0.2) is 18.2 Å². The molecule has 0 bridgehead atoms. The molecule has 2 fully saturated rings. The highest BCUT2D eigenvalue weighted by atomic mass is 19.4. The Hall–Kier alpha value is -1.74. The van der Waals surface area contributed by atoms with Gasteiger partial charge in [0.1, 0.15) is 0 Å². The number of alkyl halides is 3. The largest absolute Gasteiger partial charge is 0.417 e. The molecule has 0 aliphatic carbocycles. The summed E-state index contributed by atoms with van der Waals surface area (Å²) >= 11 is 0. The van der Waals surface area contributed by atoms with Crippen LogP contribution in [0.4, 0.5) is 18.9 Å². The van der Waals surface area contributed by atoms with Crippen molar-refractivity contribution in [2.24, 2.45) is 11.8 Å². The molecule has 1 aromatic carbocycles. The zero-order chi connectivity index (χ0) is 15.0.